The van der Waals surface area contributed by atoms with E-state index in [4.69, 9.17) is 9.84 Å². The molecule has 152 valence electrons. The number of aliphatic hydroxyl groups is 1. The molecule has 7 heteroatoms. The first-order valence-corrected chi connectivity index (χ1v) is 9.89. The number of ether oxygens (including phenoxy) is 1. The number of amides is 1. The second kappa shape index (κ2) is 7.48. The van der Waals surface area contributed by atoms with Gasteiger partial charge in [0.2, 0.25) is 0 Å². The molecule has 29 heavy (non-hydrogen) atoms. The van der Waals surface area contributed by atoms with Crippen LogP contribution in [0.15, 0.2) is 36.5 Å². The topological polar surface area (TPSA) is 89.3 Å². The fourth-order valence-corrected chi connectivity index (χ4v) is 3.87. The van der Waals surface area contributed by atoms with Gasteiger partial charge in [-0.25, -0.2) is 4.98 Å². The molecule has 1 fully saturated rings. The zero-order valence-corrected chi connectivity index (χ0v) is 17.0. The van der Waals surface area contributed by atoms with Gasteiger partial charge >= 0.3 is 0 Å². The van der Waals surface area contributed by atoms with Crippen LogP contribution in [0.1, 0.15) is 54.8 Å². The van der Waals surface area contributed by atoms with E-state index in [2.05, 4.69) is 10.3 Å². The van der Waals surface area contributed by atoms with Crippen LogP contribution in [0.3, 0.4) is 0 Å². The third kappa shape index (κ3) is 4.10. The lowest BCUT2D eigenvalue weighted by Gasteiger charge is -2.33. The lowest BCUT2D eigenvalue weighted by atomic mass is 9.84. The minimum absolute atomic E-state index is 0.267. The lowest BCUT2D eigenvalue weighted by Crippen LogP contribution is -2.31. The second-order valence-corrected chi connectivity index (χ2v) is 8.07. The average Bonchev–Trinajstić information content (AvgIpc) is 3.10. The molecule has 0 spiro atoms. The van der Waals surface area contributed by atoms with Crippen molar-refractivity contribution in [2.45, 2.75) is 51.2 Å². The first-order valence-electron chi connectivity index (χ1n) is 9.89. The van der Waals surface area contributed by atoms with Crippen LogP contribution in [0.2, 0.25) is 0 Å². The van der Waals surface area contributed by atoms with Gasteiger partial charge < -0.3 is 15.2 Å². The van der Waals surface area contributed by atoms with Crippen molar-refractivity contribution >= 4 is 22.5 Å². The number of nitrogens with one attached hydrogen (secondary N) is 1. The van der Waals surface area contributed by atoms with Gasteiger partial charge in [-0.3, -0.25) is 9.48 Å². The molecule has 3 aromatic rings. The van der Waals surface area contributed by atoms with Gasteiger partial charge in [0, 0.05) is 23.3 Å². The predicted octanol–water partition coefficient (Wildman–Crippen LogP) is 3.87. The summed E-state index contributed by atoms with van der Waals surface area (Å²) in [5.41, 5.74) is 1.96. The summed E-state index contributed by atoms with van der Waals surface area (Å²) in [6, 6.07) is 9.33. The number of rotatable bonds is 4. The first kappa shape index (κ1) is 19.4. The molecular formula is C22H26N4O3. The molecule has 0 saturated heterocycles. The first-order chi connectivity index (χ1) is 13.8. The fraction of sp³-hybridized carbons (Fsp3) is 0.409. The summed E-state index contributed by atoms with van der Waals surface area (Å²) in [6.07, 6.45) is 5.31. The highest BCUT2D eigenvalue weighted by atomic mass is 16.5. The number of methoxy groups -OCH3 is 1. The SMILES string of the molecule is COc1cc2nn(C3CCC(C)(O)CC3)cc2cc1NC(=O)c1cccc(C)n1. The van der Waals surface area contributed by atoms with Gasteiger partial charge in [-0.15, -0.1) is 0 Å². The van der Waals surface area contributed by atoms with Gasteiger partial charge in [0.1, 0.15) is 11.4 Å². The van der Waals surface area contributed by atoms with Crippen molar-refractivity contribution in [2.24, 2.45) is 0 Å². The molecule has 0 bridgehead atoms. The number of nitrogens with zero attached hydrogens (tertiary/aromatic N) is 3. The normalized spacial score (nSPS) is 21.9. The highest BCUT2D eigenvalue weighted by molar-refractivity contribution is 6.05. The molecule has 1 aliphatic rings. The number of benzene rings is 1. The van der Waals surface area contributed by atoms with Crippen molar-refractivity contribution in [3.8, 4) is 5.75 Å². The Morgan fingerprint density at radius 1 is 1.31 bits per heavy atom. The van der Waals surface area contributed by atoms with E-state index in [1.165, 1.54) is 0 Å². The zero-order valence-electron chi connectivity index (χ0n) is 17.0. The molecule has 0 radical (unpaired) electrons. The Balaban J connectivity index is 1.60. The highest BCUT2D eigenvalue weighted by Gasteiger charge is 2.30. The van der Waals surface area contributed by atoms with Crippen LogP contribution in [0.25, 0.3) is 10.9 Å². The van der Waals surface area contributed by atoms with E-state index in [1.807, 2.05) is 49.0 Å². The van der Waals surface area contributed by atoms with E-state index < -0.39 is 5.60 Å². The van der Waals surface area contributed by atoms with Crippen LogP contribution in [-0.4, -0.2) is 38.5 Å². The summed E-state index contributed by atoms with van der Waals surface area (Å²) in [4.78, 5) is 16.9. The Kier molecular flexibility index (Phi) is 5.00. The van der Waals surface area contributed by atoms with E-state index in [0.717, 1.165) is 42.3 Å². The summed E-state index contributed by atoms with van der Waals surface area (Å²) in [6.45, 7) is 3.74. The van der Waals surface area contributed by atoms with Gasteiger partial charge in [-0.1, -0.05) is 6.07 Å². The minimum Gasteiger partial charge on any atom is -0.494 e. The van der Waals surface area contributed by atoms with Gasteiger partial charge in [0.05, 0.1) is 30.0 Å². The lowest BCUT2D eigenvalue weighted by molar-refractivity contribution is 0.00860. The molecule has 1 saturated carbocycles. The molecule has 1 aliphatic carbocycles. The van der Waals surface area contributed by atoms with Crippen molar-refractivity contribution < 1.29 is 14.6 Å². The Bertz CT molecular complexity index is 1050. The van der Waals surface area contributed by atoms with Crippen molar-refractivity contribution in [2.75, 3.05) is 12.4 Å². The number of carbonyl (C=O) groups is 1. The molecule has 0 unspecified atom stereocenters. The molecule has 0 atom stereocenters. The van der Waals surface area contributed by atoms with E-state index >= 15 is 0 Å². The Labute approximate surface area is 169 Å². The van der Waals surface area contributed by atoms with Crippen LogP contribution < -0.4 is 10.1 Å². The maximum Gasteiger partial charge on any atom is 0.274 e. The summed E-state index contributed by atoms with van der Waals surface area (Å²) in [5.74, 6) is 0.267. The fourth-order valence-electron chi connectivity index (χ4n) is 3.87. The molecular weight excluding hydrogens is 368 g/mol. The number of anilines is 1. The Morgan fingerprint density at radius 3 is 2.76 bits per heavy atom. The summed E-state index contributed by atoms with van der Waals surface area (Å²) < 4.78 is 7.46. The molecule has 1 aromatic carbocycles. The maximum atomic E-state index is 12.6. The third-order valence-corrected chi connectivity index (χ3v) is 5.62. The number of hydrogen-bond donors (Lipinski definition) is 2. The Morgan fingerprint density at radius 2 is 2.07 bits per heavy atom. The standard InChI is InChI=1S/C22H26N4O3/c1-14-5-4-6-17(23-14)21(27)24-19-11-15-13-26(25-18(15)12-20(19)29-3)16-7-9-22(2,28)10-8-16/h4-6,11-13,16,28H,7-10H2,1-3H3,(H,24,27). The summed E-state index contributed by atoms with van der Waals surface area (Å²) in [7, 11) is 1.57. The van der Waals surface area contributed by atoms with Gasteiger partial charge in [-0.05, 0) is 57.7 Å². The number of fused-ring (bicyclic) bond motifs is 1. The molecule has 0 aliphatic heterocycles. The number of carbonyl (C=O) groups excluding carboxylic acids is 1. The van der Waals surface area contributed by atoms with Crippen LogP contribution in [0.5, 0.6) is 5.75 Å². The minimum atomic E-state index is -0.576. The average molecular weight is 394 g/mol. The number of aryl methyl sites for hydroxylation is 1. The molecule has 2 heterocycles. The number of hydrogen-bond acceptors (Lipinski definition) is 5. The maximum absolute atomic E-state index is 12.6. The summed E-state index contributed by atoms with van der Waals surface area (Å²) in [5, 5.41) is 18.7. The molecule has 1 amide bonds. The van der Waals surface area contributed by atoms with E-state index in [-0.39, 0.29) is 11.9 Å². The second-order valence-electron chi connectivity index (χ2n) is 8.07. The van der Waals surface area contributed by atoms with Gasteiger partial charge in [-0.2, -0.15) is 5.10 Å². The highest BCUT2D eigenvalue weighted by Crippen LogP contribution is 2.36. The van der Waals surface area contributed by atoms with Crippen molar-refractivity contribution in [1.29, 1.82) is 0 Å². The van der Waals surface area contributed by atoms with Crippen LogP contribution in [0.4, 0.5) is 5.69 Å². The van der Waals surface area contributed by atoms with Gasteiger partial charge in [0.25, 0.3) is 5.91 Å². The molecule has 2 aromatic heterocycles. The molecule has 4 rings (SSSR count). The largest absolute Gasteiger partial charge is 0.494 e. The van der Waals surface area contributed by atoms with Crippen LogP contribution in [-0.2, 0) is 0 Å². The van der Waals surface area contributed by atoms with Crippen molar-refractivity contribution in [3.63, 3.8) is 0 Å². The van der Waals surface area contributed by atoms with Crippen LogP contribution >= 0.6 is 0 Å². The van der Waals surface area contributed by atoms with Gasteiger partial charge in [0.15, 0.2) is 0 Å². The quantitative estimate of drug-likeness (QED) is 0.701. The van der Waals surface area contributed by atoms with E-state index in [9.17, 15) is 9.90 Å². The smallest absolute Gasteiger partial charge is 0.274 e. The molecule has 2 N–H and O–H groups in total. The number of aromatic nitrogens is 3. The monoisotopic (exact) mass is 394 g/mol. The van der Waals surface area contributed by atoms with E-state index in [0.29, 0.717) is 17.1 Å². The third-order valence-electron chi connectivity index (χ3n) is 5.62. The molecule has 7 nitrogen and oxygen atoms in total. The number of pyridine rings is 1. The van der Waals surface area contributed by atoms with E-state index in [1.54, 1.807) is 13.2 Å². The van der Waals surface area contributed by atoms with Crippen molar-refractivity contribution in [1.82, 2.24) is 14.8 Å². The van der Waals surface area contributed by atoms with Crippen molar-refractivity contribution in [3.05, 3.63) is 47.9 Å². The Hall–Kier alpha value is -2.93. The zero-order chi connectivity index (χ0) is 20.6. The van der Waals surface area contributed by atoms with Crippen LogP contribution in [0, 0.1) is 6.92 Å². The summed E-state index contributed by atoms with van der Waals surface area (Å²) >= 11 is 0. The predicted molar refractivity (Wildman–Crippen MR) is 111 cm³/mol.